The van der Waals surface area contributed by atoms with Gasteiger partial charge in [-0.1, -0.05) is 32.4 Å². The van der Waals surface area contributed by atoms with Crippen molar-refractivity contribution in [3.8, 4) is 5.75 Å². The highest BCUT2D eigenvalue weighted by atomic mass is 19.1. The minimum absolute atomic E-state index is 0.374. The first-order chi connectivity index (χ1) is 7.51. The van der Waals surface area contributed by atoms with Crippen molar-refractivity contribution in [1.82, 2.24) is 0 Å². The zero-order chi connectivity index (χ0) is 12.6. The maximum Gasteiger partial charge on any atom is 0.308 e. The highest BCUT2D eigenvalue weighted by molar-refractivity contribution is 5.69. The second-order valence-corrected chi connectivity index (χ2v) is 3.49. The van der Waals surface area contributed by atoms with Crippen molar-refractivity contribution in [2.45, 2.75) is 40.3 Å². The van der Waals surface area contributed by atoms with E-state index in [-0.39, 0.29) is 5.97 Å². The van der Waals surface area contributed by atoms with Crippen molar-refractivity contribution >= 4 is 5.97 Å². The van der Waals surface area contributed by atoms with Gasteiger partial charge in [-0.15, -0.1) is 0 Å². The Hall–Kier alpha value is -1.38. The van der Waals surface area contributed by atoms with Crippen molar-refractivity contribution in [2.75, 3.05) is 0 Å². The summed E-state index contributed by atoms with van der Waals surface area (Å²) in [5.74, 6) is 0.0675. The summed E-state index contributed by atoms with van der Waals surface area (Å²) in [6.45, 7) is 7.03. The zero-order valence-corrected chi connectivity index (χ0v) is 10.3. The second kappa shape index (κ2) is 7.85. The molecule has 2 nitrogen and oxygen atoms in total. The van der Waals surface area contributed by atoms with Crippen molar-refractivity contribution in [3.63, 3.8) is 0 Å². The SMILES string of the molecule is CC(=O)Oc1ccc(C(C)F)cc1.CCC. The van der Waals surface area contributed by atoms with E-state index in [4.69, 9.17) is 4.74 Å². The number of hydrogen-bond acceptors (Lipinski definition) is 2. The van der Waals surface area contributed by atoms with Crippen LogP contribution in [0.15, 0.2) is 24.3 Å². The van der Waals surface area contributed by atoms with E-state index in [9.17, 15) is 9.18 Å². The Bertz CT molecular complexity index is 304. The lowest BCUT2D eigenvalue weighted by Crippen LogP contribution is -2.01. The van der Waals surface area contributed by atoms with Crippen molar-refractivity contribution in [2.24, 2.45) is 0 Å². The summed E-state index contributed by atoms with van der Waals surface area (Å²) >= 11 is 0. The van der Waals surface area contributed by atoms with Crippen LogP contribution in [0.1, 0.15) is 45.9 Å². The molecule has 0 fully saturated rings. The largest absolute Gasteiger partial charge is 0.427 e. The maximum atomic E-state index is 12.7. The van der Waals surface area contributed by atoms with Gasteiger partial charge in [-0.25, -0.2) is 4.39 Å². The van der Waals surface area contributed by atoms with Crippen LogP contribution in [-0.2, 0) is 4.79 Å². The van der Waals surface area contributed by atoms with Crippen LogP contribution in [-0.4, -0.2) is 5.97 Å². The molecule has 0 aliphatic rings. The van der Waals surface area contributed by atoms with Crippen LogP contribution in [0.2, 0.25) is 0 Å². The lowest BCUT2D eigenvalue weighted by atomic mass is 10.1. The smallest absolute Gasteiger partial charge is 0.308 e. The first-order valence-corrected chi connectivity index (χ1v) is 5.43. The molecule has 90 valence electrons. The van der Waals surface area contributed by atoms with Crippen LogP contribution < -0.4 is 4.74 Å². The van der Waals surface area contributed by atoms with Crippen LogP contribution in [0.4, 0.5) is 4.39 Å². The molecule has 3 heteroatoms. The van der Waals surface area contributed by atoms with E-state index in [0.29, 0.717) is 11.3 Å². The van der Waals surface area contributed by atoms with E-state index in [1.54, 1.807) is 24.3 Å². The van der Waals surface area contributed by atoms with Crippen molar-refractivity contribution in [3.05, 3.63) is 29.8 Å². The summed E-state index contributed by atoms with van der Waals surface area (Å²) in [6, 6.07) is 6.35. The Labute approximate surface area is 96.4 Å². The van der Waals surface area contributed by atoms with Gasteiger partial charge in [-0.3, -0.25) is 4.79 Å². The monoisotopic (exact) mass is 226 g/mol. The number of ether oxygens (including phenoxy) is 1. The van der Waals surface area contributed by atoms with Gasteiger partial charge < -0.3 is 4.74 Å². The molecular weight excluding hydrogens is 207 g/mol. The van der Waals surface area contributed by atoms with E-state index in [1.807, 2.05) is 0 Å². The fraction of sp³-hybridized carbons (Fsp3) is 0.462. The Morgan fingerprint density at radius 2 is 1.75 bits per heavy atom. The molecule has 1 aromatic carbocycles. The van der Waals surface area contributed by atoms with Gasteiger partial charge in [0.2, 0.25) is 0 Å². The average molecular weight is 226 g/mol. The van der Waals surface area contributed by atoms with Gasteiger partial charge in [0, 0.05) is 6.92 Å². The number of esters is 1. The van der Waals surface area contributed by atoms with E-state index in [0.717, 1.165) is 0 Å². The predicted molar refractivity (Wildman–Crippen MR) is 63.2 cm³/mol. The lowest BCUT2D eigenvalue weighted by Gasteiger charge is -2.03. The summed E-state index contributed by atoms with van der Waals surface area (Å²) in [5, 5.41) is 0. The molecule has 1 aromatic rings. The summed E-state index contributed by atoms with van der Waals surface area (Å²) in [5.41, 5.74) is 0.580. The summed E-state index contributed by atoms with van der Waals surface area (Å²) in [7, 11) is 0. The fourth-order valence-electron chi connectivity index (χ4n) is 0.967. The van der Waals surface area contributed by atoms with Gasteiger partial charge in [-0.05, 0) is 24.6 Å². The molecular formula is C13H19FO2. The van der Waals surface area contributed by atoms with Crippen LogP contribution >= 0.6 is 0 Å². The molecule has 0 radical (unpaired) electrons. The normalized spacial score (nSPS) is 11.1. The van der Waals surface area contributed by atoms with E-state index in [2.05, 4.69) is 13.8 Å². The topological polar surface area (TPSA) is 26.3 Å². The summed E-state index contributed by atoms with van der Waals surface area (Å²) in [4.78, 5) is 10.5. The summed E-state index contributed by atoms with van der Waals surface area (Å²) < 4.78 is 17.5. The number of halogens is 1. The fourth-order valence-corrected chi connectivity index (χ4v) is 0.967. The van der Waals surface area contributed by atoms with Crippen LogP contribution in [0.25, 0.3) is 0 Å². The van der Waals surface area contributed by atoms with Crippen LogP contribution in [0.5, 0.6) is 5.75 Å². The molecule has 1 atom stereocenters. The molecule has 1 unspecified atom stereocenters. The zero-order valence-electron chi connectivity index (χ0n) is 10.3. The van der Waals surface area contributed by atoms with Crippen molar-refractivity contribution < 1.29 is 13.9 Å². The number of alkyl halides is 1. The van der Waals surface area contributed by atoms with E-state index in [1.165, 1.54) is 20.3 Å². The van der Waals surface area contributed by atoms with Gasteiger partial charge in [0.05, 0.1) is 0 Å². The predicted octanol–water partition coefficient (Wildman–Crippen LogP) is 4.06. The molecule has 0 saturated heterocycles. The third-order valence-corrected chi connectivity index (χ3v) is 1.60. The van der Waals surface area contributed by atoms with Gasteiger partial charge in [0.15, 0.2) is 0 Å². The van der Waals surface area contributed by atoms with Crippen molar-refractivity contribution in [1.29, 1.82) is 0 Å². The standard InChI is InChI=1S/C10H11FO2.C3H8/c1-7(11)9-3-5-10(6-4-9)13-8(2)12;1-3-2/h3-7H,1-2H3;3H2,1-2H3. The van der Waals surface area contributed by atoms with Crippen LogP contribution in [0.3, 0.4) is 0 Å². The molecule has 0 saturated carbocycles. The number of benzene rings is 1. The summed E-state index contributed by atoms with van der Waals surface area (Å²) in [6.07, 6.45) is 0.256. The number of carbonyl (C=O) groups excluding carboxylic acids is 1. The average Bonchev–Trinajstić information content (AvgIpc) is 2.18. The maximum absolute atomic E-state index is 12.7. The molecule has 0 aliphatic carbocycles. The van der Waals surface area contributed by atoms with E-state index < -0.39 is 6.17 Å². The molecule has 0 spiro atoms. The molecule has 0 amide bonds. The first kappa shape index (κ1) is 14.6. The molecule has 0 N–H and O–H groups in total. The Morgan fingerprint density at radius 3 is 2.06 bits per heavy atom. The van der Waals surface area contributed by atoms with Crippen LogP contribution in [0, 0.1) is 0 Å². The Kier molecular flexibility index (Phi) is 7.18. The highest BCUT2D eigenvalue weighted by Crippen LogP contribution is 2.19. The second-order valence-electron chi connectivity index (χ2n) is 3.49. The minimum atomic E-state index is -0.994. The molecule has 0 aliphatic heterocycles. The van der Waals surface area contributed by atoms with Gasteiger partial charge >= 0.3 is 5.97 Å². The third-order valence-electron chi connectivity index (χ3n) is 1.60. The number of carbonyl (C=O) groups is 1. The molecule has 16 heavy (non-hydrogen) atoms. The quantitative estimate of drug-likeness (QED) is 0.561. The lowest BCUT2D eigenvalue weighted by molar-refractivity contribution is -0.131. The third kappa shape index (κ3) is 6.17. The number of hydrogen-bond donors (Lipinski definition) is 0. The Balaban J connectivity index is 0.000000673. The van der Waals surface area contributed by atoms with Gasteiger partial charge in [0.1, 0.15) is 11.9 Å². The van der Waals surface area contributed by atoms with Gasteiger partial charge in [0.25, 0.3) is 0 Å². The van der Waals surface area contributed by atoms with E-state index >= 15 is 0 Å². The molecule has 1 rings (SSSR count). The molecule has 0 aromatic heterocycles. The first-order valence-electron chi connectivity index (χ1n) is 5.43. The van der Waals surface area contributed by atoms with Gasteiger partial charge in [-0.2, -0.15) is 0 Å². The minimum Gasteiger partial charge on any atom is -0.427 e. The highest BCUT2D eigenvalue weighted by Gasteiger charge is 2.03. The Morgan fingerprint density at radius 1 is 1.31 bits per heavy atom. The molecule has 0 bridgehead atoms. The number of rotatable bonds is 2. The molecule has 0 heterocycles.